The number of carbonyl (C=O) groups excluding carboxylic acids is 1. The zero-order valence-electron chi connectivity index (χ0n) is 11.5. The molecule has 1 heterocycles. The van der Waals surface area contributed by atoms with Gasteiger partial charge >= 0.3 is 6.61 Å². The summed E-state index contributed by atoms with van der Waals surface area (Å²) in [5.74, 6) is -0.478. The fraction of sp³-hybridized carbons (Fsp3) is 0.133. The van der Waals surface area contributed by atoms with E-state index in [2.05, 4.69) is 26.0 Å². The zero-order chi connectivity index (χ0) is 16.1. The van der Waals surface area contributed by atoms with Crippen molar-refractivity contribution in [3.8, 4) is 5.75 Å². The van der Waals surface area contributed by atoms with Crippen molar-refractivity contribution >= 4 is 44.9 Å². The highest BCUT2D eigenvalue weighted by molar-refractivity contribution is 9.11. The fourth-order valence-corrected chi connectivity index (χ4v) is 3.06. The third-order valence-electron chi connectivity index (χ3n) is 2.69. The van der Waals surface area contributed by atoms with Crippen molar-refractivity contribution in [2.24, 2.45) is 0 Å². The molecule has 0 saturated heterocycles. The minimum atomic E-state index is -2.95. The Morgan fingerprint density at radius 2 is 2.14 bits per heavy atom. The van der Waals surface area contributed by atoms with E-state index in [1.807, 2.05) is 12.1 Å². The molecule has 0 saturated carbocycles. The van der Waals surface area contributed by atoms with Crippen molar-refractivity contribution in [3.05, 3.63) is 50.6 Å². The third kappa shape index (κ3) is 4.64. The number of hydrogen-bond acceptors (Lipinski definition) is 3. The van der Waals surface area contributed by atoms with E-state index in [0.29, 0.717) is 5.56 Å². The van der Waals surface area contributed by atoms with Crippen molar-refractivity contribution in [1.82, 2.24) is 0 Å². The van der Waals surface area contributed by atoms with Crippen LogP contribution in [0.4, 0.5) is 14.5 Å². The summed E-state index contributed by atoms with van der Waals surface area (Å²) in [6, 6.07) is 8.40. The largest absolute Gasteiger partial charge is 0.433 e. The number of para-hydroxylation sites is 1. The Morgan fingerprint density at radius 1 is 1.36 bits per heavy atom. The molecular formula is C15H12BrF2NO2S. The van der Waals surface area contributed by atoms with Crippen molar-refractivity contribution in [1.29, 1.82) is 0 Å². The number of aryl methyl sites for hydroxylation is 1. The Balaban J connectivity index is 2.12. The molecule has 0 radical (unpaired) electrons. The maximum Gasteiger partial charge on any atom is 0.387 e. The van der Waals surface area contributed by atoms with Crippen LogP contribution in [0.1, 0.15) is 10.4 Å². The first-order chi connectivity index (χ1) is 10.5. The van der Waals surface area contributed by atoms with E-state index in [1.54, 1.807) is 25.1 Å². The Hall–Kier alpha value is -1.73. The van der Waals surface area contributed by atoms with Crippen molar-refractivity contribution in [2.45, 2.75) is 13.5 Å². The summed E-state index contributed by atoms with van der Waals surface area (Å²) in [7, 11) is 0. The van der Waals surface area contributed by atoms with Crippen molar-refractivity contribution < 1.29 is 18.3 Å². The number of hydrogen-bond donors (Lipinski definition) is 1. The number of thiophene rings is 1. The number of amides is 1. The first kappa shape index (κ1) is 16.6. The number of carbonyl (C=O) groups is 1. The van der Waals surface area contributed by atoms with Gasteiger partial charge < -0.3 is 10.1 Å². The van der Waals surface area contributed by atoms with Crippen LogP contribution in [-0.4, -0.2) is 12.5 Å². The second kappa shape index (κ2) is 7.51. The molecule has 1 N–H and O–H groups in total. The number of alkyl halides is 2. The van der Waals surface area contributed by atoms with Gasteiger partial charge in [0.15, 0.2) is 0 Å². The molecule has 2 aromatic rings. The molecule has 3 nitrogen and oxygen atoms in total. The molecule has 7 heteroatoms. The lowest BCUT2D eigenvalue weighted by atomic mass is 10.2. The lowest BCUT2D eigenvalue weighted by Crippen LogP contribution is -2.12. The Bertz CT molecular complexity index is 701. The van der Waals surface area contributed by atoms with E-state index < -0.39 is 12.5 Å². The molecule has 0 spiro atoms. The van der Waals surface area contributed by atoms with Gasteiger partial charge in [-0.05, 0) is 52.7 Å². The van der Waals surface area contributed by atoms with Crippen LogP contribution in [0.15, 0.2) is 40.2 Å². The number of benzene rings is 1. The number of ether oxygens (including phenoxy) is 1. The van der Waals surface area contributed by atoms with Crippen molar-refractivity contribution in [2.75, 3.05) is 5.32 Å². The summed E-state index contributed by atoms with van der Waals surface area (Å²) in [5.41, 5.74) is 0.878. The van der Waals surface area contributed by atoms with E-state index in [9.17, 15) is 13.6 Å². The van der Waals surface area contributed by atoms with Crippen LogP contribution in [0.25, 0.3) is 6.08 Å². The highest BCUT2D eigenvalue weighted by Gasteiger charge is 2.13. The number of anilines is 1. The van der Waals surface area contributed by atoms with Crippen molar-refractivity contribution in [3.63, 3.8) is 0 Å². The van der Waals surface area contributed by atoms with Crippen LogP contribution in [0.5, 0.6) is 5.75 Å². The summed E-state index contributed by atoms with van der Waals surface area (Å²) in [4.78, 5) is 12.8. The minimum Gasteiger partial charge on any atom is -0.433 e. The van der Waals surface area contributed by atoms with Gasteiger partial charge in [-0.1, -0.05) is 12.1 Å². The molecular weight excluding hydrogens is 376 g/mol. The van der Waals surface area contributed by atoms with Gasteiger partial charge in [0.25, 0.3) is 0 Å². The number of nitrogens with one attached hydrogen (secondary N) is 1. The summed E-state index contributed by atoms with van der Waals surface area (Å²) < 4.78 is 30.2. The lowest BCUT2D eigenvalue weighted by molar-refractivity contribution is -0.111. The summed E-state index contributed by atoms with van der Waals surface area (Å²) in [6.07, 6.45) is 2.99. The molecule has 1 amide bonds. The van der Waals surface area contributed by atoms with Gasteiger partial charge in [-0.15, -0.1) is 11.3 Å². The average molecular weight is 388 g/mol. The van der Waals surface area contributed by atoms with Crippen LogP contribution in [0, 0.1) is 6.92 Å². The quantitative estimate of drug-likeness (QED) is 0.727. The molecule has 0 aliphatic heterocycles. The maximum atomic E-state index is 12.4. The van der Waals surface area contributed by atoms with E-state index in [-0.39, 0.29) is 11.4 Å². The lowest BCUT2D eigenvalue weighted by Gasteiger charge is -2.13. The van der Waals surface area contributed by atoms with E-state index in [1.165, 1.54) is 23.5 Å². The molecule has 2 rings (SSSR count). The molecule has 0 aliphatic rings. The van der Waals surface area contributed by atoms with Gasteiger partial charge in [-0.3, -0.25) is 4.79 Å². The summed E-state index contributed by atoms with van der Waals surface area (Å²) >= 11 is 4.81. The molecule has 1 aromatic heterocycles. The average Bonchev–Trinajstić information content (AvgIpc) is 2.86. The van der Waals surface area contributed by atoms with Gasteiger partial charge in [0, 0.05) is 11.0 Å². The smallest absolute Gasteiger partial charge is 0.387 e. The van der Waals surface area contributed by atoms with Gasteiger partial charge in [0.2, 0.25) is 5.91 Å². The van der Waals surface area contributed by atoms with Crippen LogP contribution < -0.4 is 10.1 Å². The molecule has 0 bridgehead atoms. The van der Waals surface area contributed by atoms with E-state index in [4.69, 9.17) is 0 Å². The maximum absolute atomic E-state index is 12.4. The SMILES string of the molecule is Cc1cccc(OC(F)F)c1NC(=O)/C=C/c1ccc(Br)s1. The van der Waals surface area contributed by atoms with Crippen LogP contribution in [-0.2, 0) is 4.79 Å². The van der Waals surface area contributed by atoms with Gasteiger partial charge in [0.1, 0.15) is 5.75 Å². The van der Waals surface area contributed by atoms with Gasteiger partial charge in [0.05, 0.1) is 9.47 Å². The number of halogens is 3. The highest BCUT2D eigenvalue weighted by Crippen LogP contribution is 2.29. The first-order valence-corrected chi connectivity index (χ1v) is 7.85. The first-order valence-electron chi connectivity index (χ1n) is 6.24. The zero-order valence-corrected chi connectivity index (χ0v) is 13.9. The van der Waals surface area contributed by atoms with Gasteiger partial charge in [-0.25, -0.2) is 0 Å². The standard InChI is InChI=1S/C15H12BrF2NO2S/c1-9-3-2-4-11(21-15(17)18)14(9)19-13(20)8-6-10-5-7-12(16)22-10/h2-8,15H,1H3,(H,19,20)/b8-6+. The molecule has 0 atom stereocenters. The van der Waals surface area contributed by atoms with E-state index >= 15 is 0 Å². The normalized spacial score (nSPS) is 11.1. The van der Waals surface area contributed by atoms with Crippen LogP contribution in [0.3, 0.4) is 0 Å². The topological polar surface area (TPSA) is 38.3 Å². The van der Waals surface area contributed by atoms with Crippen LogP contribution in [0.2, 0.25) is 0 Å². The third-order valence-corrected chi connectivity index (χ3v) is 4.28. The second-order valence-corrected chi connectivity index (χ2v) is 6.79. The summed E-state index contributed by atoms with van der Waals surface area (Å²) in [6.45, 7) is -1.25. The molecule has 0 unspecified atom stereocenters. The Kier molecular flexibility index (Phi) is 5.68. The Morgan fingerprint density at radius 3 is 2.77 bits per heavy atom. The molecule has 0 aliphatic carbocycles. The van der Waals surface area contributed by atoms with Gasteiger partial charge in [-0.2, -0.15) is 8.78 Å². The molecule has 116 valence electrons. The second-order valence-electron chi connectivity index (χ2n) is 4.29. The predicted molar refractivity (Wildman–Crippen MR) is 87.5 cm³/mol. The molecule has 0 fully saturated rings. The molecule has 1 aromatic carbocycles. The fourth-order valence-electron chi connectivity index (χ4n) is 1.74. The number of rotatable bonds is 5. The Labute approximate surface area is 138 Å². The summed E-state index contributed by atoms with van der Waals surface area (Å²) in [5, 5.41) is 2.57. The van der Waals surface area contributed by atoms with E-state index in [0.717, 1.165) is 8.66 Å². The predicted octanol–water partition coefficient (Wildman–Crippen LogP) is 5.07. The molecule has 22 heavy (non-hydrogen) atoms. The monoisotopic (exact) mass is 387 g/mol. The highest BCUT2D eigenvalue weighted by atomic mass is 79.9. The minimum absolute atomic E-state index is 0.0596. The van der Waals surface area contributed by atoms with Crippen LogP contribution >= 0.6 is 27.3 Å².